The van der Waals surface area contributed by atoms with Gasteiger partial charge in [-0.15, -0.1) is 0 Å². The Hall–Kier alpha value is -2.34. The van der Waals surface area contributed by atoms with E-state index in [1.807, 2.05) is 0 Å². The maximum atomic E-state index is 12.4. The van der Waals surface area contributed by atoms with Crippen LogP contribution < -0.4 is 4.90 Å². The van der Waals surface area contributed by atoms with Crippen molar-refractivity contribution in [1.29, 1.82) is 0 Å². The Morgan fingerprint density at radius 1 is 1.10 bits per heavy atom. The molecule has 0 atom stereocenters. The molecule has 0 radical (unpaired) electrons. The summed E-state index contributed by atoms with van der Waals surface area (Å²) < 4.78 is 23.1. The molecule has 0 bridgehead atoms. The number of benzene rings is 2. The lowest BCUT2D eigenvalue weighted by Crippen LogP contribution is -2.26. The highest BCUT2D eigenvalue weighted by Gasteiger charge is 2.16. The molecule has 0 fully saturated rings. The first-order valence-electron chi connectivity index (χ1n) is 6.16. The SMILES string of the molecule is CN(C(=O)c1cccc(S(C)(=O)=O)c1)c1cccc(O)c1. The average molecular weight is 305 g/mol. The van der Waals surface area contributed by atoms with Gasteiger partial charge in [0.25, 0.3) is 5.91 Å². The largest absolute Gasteiger partial charge is 0.508 e. The molecule has 21 heavy (non-hydrogen) atoms. The summed E-state index contributed by atoms with van der Waals surface area (Å²) in [5.41, 5.74) is 0.786. The van der Waals surface area contributed by atoms with Crippen molar-refractivity contribution in [2.24, 2.45) is 0 Å². The monoisotopic (exact) mass is 305 g/mol. The van der Waals surface area contributed by atoms with Crippen molar-refractivity contribution in [3.63, 3.8) is 0 Å². The van der Waals surface area contributed by atoms with Gasteiger partial charge in [0, 0.05) is 30.6 Å². The second-order valence-electron chi connectivity index (χ2n) is 4.68. The lowest BCUT2D eigenvalue weighted by molar-refractivity contribution is 0.0993. The lowest BCUT2D eigenvalue weighted by Gasteiger charge is -2.17. The van der Waals surface area contributed by atoms with Crippen molar-refractivity contribution >= 4 is 21.4 Å². The maximum absolute atomic E-state index is 12.4. The molecule has 2 rings (SSSR count). The predicted molar refractivity (Wildman–Crippen MR) is 80.4 cm³/mol. The molecule has 0 saturated heterocycles. The highest BCUT2D eigenvalue weighted by atomic mass is 32.2. The number of phenols is 1. The minimum Gasteiger partial charge on any atom is -0.508 e. The van der Waals surface area contributed by atoms with Crippen LogP contribution in [0, 0.1) is 0 Å². The topological polar surface area (TPSA) is 74.7 Å². The van der Waals surface area contributed by atoms with Crippen molar-refractivity contribution in [1.82, 2.24) is 0 Å². The van der Waals surface area contributed by atoms with Crippen molar-refractivity contribution in [3.8, 4) is 5.75 Å². The summed E-state index contributed by atoms with van der Waals surface area (Å²) in [6.45, 7) is 0. The Morgan fingerprint density at radius 2 is 1.76 bits per heavy atom. The molecule has 6 heteroatoms. The fourth-order valence-corrected chi connectivity index (χ4v) is 2.54. The molecule has 0 spiro atoms. The van der Waals surface area contributed by atoms with Crippen LogP contribution >= 0.6 is 0 Å². The highest BCUT2D eigenvalue weighted by Crippen LogP contribution is 2.21. The van der Waals surface area contributed by atoms with E-state index in [0.717, 1.165) is 6.26 Å². The molecule has 5 nitrogen and oxygen atoms in total. The number of amides is 1. The fraction of sp³-hybridized carbons (Fsp3) is 0.133. The third-order valence-corrected chi connectivity index (χ3v) is 4.14. The predicted octanol–water partition coefficient (Wildman–Crippen LogP) is 2.07. The second kappa shape index (κ2) is 5.57. The number of nitrogens with zero attached hydrogens (tertiary/aromatic N) is 1. The smallest absolute Gasteiger partial charge is 0.258 e. The Balaban J connectivity index is 2.36. The molecular formula is C15H15NO4S. The molecule has 1 amide bonds. The van der Waals surface area contributed by atoms with Crippen LogP contribution in [0.15, 0.2) is 53.4 Å². The van der Waals surface area contributed by atoms with Crippen LogP contribution in [-0.4, -0.2) is 32.7 Å². The molecule has 1 N–H and O–H groups in total. The Bertz CT molecular complexity index is 784. The van der Waals surface area contributed by atoms with Gasteiger partial charge in [-0.25, -0.2) is 8.42 Å². The zero-order valence-corrected chi connectivity index (χ0v) is 12.5. The summed E-state index contributed by atoms with van der Waals surface area (Å²) >= 11 is 0. The zero-order valence-electron chi connectivity index (χ0n) is 11.6. The minimum atomic E-state index is -3.37. The summed E-state index contributed by atoms with van der Waals surface area (Å²) in [6.07, 6.45) is 1.09. The molecule has 0 heterocycles. The summed E-state index contributed by atoms with van der Waals surface area (Å²) in [5, 5.41) is 9.45. The number of rotatable bonds is 3. The van der Waals surface area contributed by atoms with Crippen molar-refractivity contribution in [2.75, 3.05) is 18.2 Å². The summed E-state index contributed by atoms with van der Waals surface area (Å²) in [5.74, 6) is -0.303. The molecule has 0 unspecified atom stereocenters. The van der Waals surface area contributed by atoms with E-state index in [-0.39, 0.29) is 22.1 Å². The van der Waals surface area contributed by atoms with E-state index in [4.69, 9.17) is 0 Å². The van der Waals surface area contributed by atoms with Crippen LogP contribution in [0.25, 0.3) is 0 Å². The van der Waals surface area contributed by atoms with Gasteiger partial charge < -0.3 is 10.0 Å². The van der Waals surface area contributed by atoms with Gasteiger partial charge >= 0.3 is 0 Å². The van der Waals surface area contributed by atoms with Crippen LogP contribution in [0.5, 0.6) is 5.75 Å². The number of phenolic OH excluding ortho intramolecular Hbond substituents is 1. The number of anilines is 1. The number of carbonyl (C=O) groups excluding carboxylic acids is 1. The molecule has 2 aromatic rings. The van der Waals surface area contributed by atoms with Crippen molar-refractivity contribution < 1.29 is 18.3 Å². The summed E-state index contributed by atoms with van der Waals surface area (Å²) in [6, 6.07) is 12.1. The third kappa shape index (κ3) is 3.41. The first-order valence-corrected chi connectivity index (χ1v) is 8.05. The van der Waals surface area contributed by atoms with E-state index in [2.05, 4.69) is 0 Å². The normalized spacial score (nSPS) is 11.1. The van der Waals surface area contributed by atoms with Crippen LogP contribution in [0.1, 0.15) is 10.4 Å². The lowest BCUT2D eigenvalue weighted by atomic mass is 10.2. The molecule has 2 aromatic carbocycles. The number of carbonyl (C=O) groups is 1. The zero-order chi connectivity index (χ0) is 15.6. The Labute approximate surface area is 123 Å². The second-order valence-corrected chi connectivity index (χ2v) is 6.70. The van der Waals surface area contributed by atoms with Crippen LogP contribution in [0.2, 0.25) is 0 Å². The van der Waals surface area contributed by atoms with E-state index >= 15 is 0 Å². The number of hydrogen-bond acceptors (Lipinski definition) is 4. The van der Waals surface area contributed by atoms with Crippen LogP contribution in [0.3, 0.4) is 0 Å². The van der Waals surface area contributed by atoms with Gasteiger partial charge in [0.2, 0.25) is 0 Å². The molecular weight excluding hydrogens is 290 g/mol. The van der Waals surface area contributed by atoms with E-state index in [0.29, 0.717) is 5.69 Å². The average Bonchev–Trinajstić information content (AvgIpc) is 2.45. The van der Waals surface area contributed by atoms with Gasteiger partial charge in [-0.3, -0.25) is 4.79 Å². The highest BCUT2D eigenvalue weighted by molar-refractivity contribution is 7.90. The fourth-order valence-electron chi connectivity index (χ4n) is 1.87. The summed E-state index contributed by atoms with van der Waals surface area (Å²) in [7, 11) is -1.81. The van der Waals surface area contributed by atoms with Gasteiger partial charge in [0.1, 0.15) is 5.75 Å². The summed E-state index contributed by atoms with van der Waals surface area (Å²) in [4.78, 5) is 13.8. The standard InChI is InChI=1S/C15H15NO4S/c1-16(12-6-4-7-13(17)10-12)15(18)11-5-3-8-14(9-11)21(2,19)20/h3-10,17H,1-2H3. The molecule has 0 aliphatic rings. The number of aromatic hydroxyl groups is 1. The number of hydrogen-bond donors (Lipinski definition) is 1. The van der Waals surface area contributed by atoms with Crippen LogP contribution in [-0.2, 0) is 9.84 Å². The molecule has 110 valence electrons. The minimum absolute atomic E-state index is 0.0528. The number of sulfone groups is 1. The van der Waals surface area contributed by atoms with Gasteiger partial charge in [-0.2, -0.15) is 0 Å². The third-order valence-electron chi connectivity index (χ3n) is 3.03. The quantitative estimate of drug-likeness (QED) is 0.942. The maximum Gasteiger partial charge on any atom is 0.258 e. The van der Waals surface area contributed by atoms with E-state index in [1.165, 1.54) is 35.2 Å². The van der Waals surface area contributed by atoms with Gasteiger partial charge in [0.05, 0.1) is 4.90 Å². The van der Waals surface area contributed by atoms with Crippen molar-refractivity contribution in [3.05, 3.63) is 54.1 Å². The van der Waals surface area contributed by atoms with Gasteiger partial charge in [0.15, 0.2) is 9.84 Å². The van der Waals surface area contributed by atoms with Gasteiger partial charge in [-0.1, -0.05) is 12.1 Å². The van der Waals surface area contributed by atoms with Crippen LogP contribution in [0.4, 0.5) is 5.69 Å². The molecule has 0 saturated carbocycles. The molecule has 0 aromatic heterocycles. The van der Waals surface area contributed by atoms with E-state index in [1.54, 1.807) is 25.2 Å². The Morgan fingerprint density at radius 3 is 2.38 bits per heavy atom. The molecule has 0 aliphatic heterocycles. The Kier molecular flexibility index (Phi) is 3.99. The molecule has 0 aliphatic carbocycles. The van der Waals surface area contributed by atoms with Gasteiger partial charge in [-0.05, 0) is 30.3 Å². The first kappa shape index (κ1) is 15.1. The van der Waals surface area contributed by atoms with E-state index in [9.17, 15) is 18.3 Å². The first-order chi connectivity index (χ1) is 9.79. The van der Waals surface area contributed by atoms with Crippen molar-refractivity contribution in [2.45, 2.75) is 4.90 Å². The van der Waals surface area contributed by atoms with E-state index < -0.39 is 9.84 Å².